The summed E-state index contributed by atoms with van der Waals surface area (Å²) in [4.78, 5) is 6.60. The van der Waals surface area contributed by atoms with Gasteiger partial charge in [0.05, 0.1) is 0 Å². The van der Waals surface area contributed by atoms with Crippen LogP contribution in [0.1, 0.15) is 32.4 Å². The third kappa shape index (κ3) is 2.33. The standard InChI is InChI=1S/C13H17N3/c1-13(2)6-8-16(9-7-13)12-5-3-4-11(10-14)15-12/h3-5H,6-9H2,1-2H3. The first-order valence-electron chi connectivity index (χ1n) is 5.73. The molecule has 0 radical (unpaired) electrons. The second-order valence-electron chi connectivity index (χ2n) is 5.14. The highest BCUT2D eigenvalue weighted by atomic mass is 15.2. The number of hydrogen-bond acceptors (Lipinski definition) is 3. The van der Waals surface area contributed by atoms with Crippen LogP contribution in [-0.2, 0) is 0 Å². The van der Waals surface area contributed by atoms with Gasteiger partial charge in [-0.2, -0.15) is 5.26 Å². The van der Waals surface area contributed by atoms with Gasteiger partial charge in [-0.05, 0) is 30.4 Å². The lowest BCUT2D eigenvalue weighted by molar-refractivity contribution is 0.279. The monoisotopic (exact) mass is 215 g/mol. The first-order chi connectivity index (χ1) is 7.61. The molecule has 0 unspecified atom stereocenters. The van der Waals surface area contributed by atoms with Crippen molar-refractivity contribution in [1.82, 2.24) is 4.98 Å². The van der Waals surface area contributed by atoms with E-state index in [1.165, 1.54) is 12.8 Å². The van der Waals surface area contributed by atoms with Crippen LogP contribution in [0, 0.1) is 16.7 Å². The summed E-state index contributed by atoms with van der Waals surface area (Å²) in [5.41, 5.74) is 0.950. The van der Waals surface area contributed by atoms with Gasteiger partial charge in [0, 0.05) is 13.1 Å². The zero-order chi connectivity index (χ0) is 11.6. The number of pyridine rings is 1. The summed E-state index contributed by atoms with van der Waals surface area (Å²) < 4.78 is 0. The molecule has 0 saturated carbocycles. The summed E-state index contributed by atoms with van der Waals surface area (Å²) in [5.74, 6) is 0.939. The highest BCUT2D eigenvalue weighted by Crippen LogP contribution is 2.31. The molecule has 3 heteroatoms. The molecule has 0 spiro atoms. The number of aromatic nitrogens is 1. The highest BCUT2D eigenvalue weighted by molar-refractivity contribution is 5.42. The number of rotatable bonds is 1. The molecule has 0 amide bonds. The molecular weight excluding hydrogens is 198 g/mol. The van der Waals surface area contributed by atoms with Crippen LogP contribution < -0.4 is 4.90 Å². The molecule has 3 nitrogen and oxygen atoms in total. The van der Waals surface area contributed by atoms with Gasteiger partial charge >= 0.3 is 0 Å². The molecule has 84 valence electrons. The van der Waals surface area contributed by atoms with E-state index in [2.05, 4.69) is 29.8 Å². The van der Waals surface area contributed by atoms with E-state index in [0.717, 1.165) is 18.9 Å². The zero-order valence-electron chi connectivity index (χ0n) is 9.90. The Kier molecular flexibility index (Phi) is 2.82. The molecule has 0 N–H and O–H groups in total. The van der Waals surface area contributed by atoms with Gasteiger partial charge in [0.15, 0.2) is 0 Å². The average Bonchev–Trinajstić information content (AvgIpc) is 2.29. The lowest BCUT2D eigenvalue weighted by Crippen LogP contribution is -2.37. The predicted molar refractivity (Wildman–Crippen MR) is 64.2 cm³/mol. The van der Waals surface area contributed by atoms with Crippen LogP contribution in [0.25, 0.3) is 0 Å². The molecule has 1 aromatic heterocycles. The van der Waals surface area contributed by atoms with E-state index >= 15 is 0 Å². The Morgan fingerprint density at radius 3 is 2.62 bits per heavy atom. The van der Waals surface area contributed by atoms with Gasteiger partial charge in [-0.3, -0.25) is 0 Å². The van der Waals surface area contributed by atoms with Crippen molar-refractivity contribution in [2.45, 2.75) is 26.7 Å². The molecule has 1 aromatic rings. The second kappa shape index (κ2) is 4.13. The normalized spacial score (nSPS) is 19.2. The van der Waals surface area contributed by atoms with Gasteiger partial charge in [0.1, 0.15) is 17.6 Å². The molecule has 0 aliphatic carbocycles. The molecule has 2 heterocycles. The minimum Gasteiger partial charge on any atom is -0.357 e. The Balaban J connectivity index is 2.11. The zero-order valence-corrected chi connectivity index (χ0v) is 9.90. The maximum Gasteiger partial charge on any atom is 0.142 e. The molecule has 1 aliphatic rings. The average molecular weight is 215 g/mol. The summed E-state index contributed by atoms with van der Waals surface area (Å²) in [6.07, 6.45) is 2.37. The number of nitriles is 1. The van der Waals surface area contributed by atoms with E-state index < -0.39 is 0 Å². The highest BCUT2D eigenvalue weighted by Gasteiger charge is 2.25. The Morgan fingerprint density at radius 1 is 1.31 bits per heavy atom. The molecule has 0 bridgehead atoms. The molecule has 16 heavy (non-hydrogen) atoms. The fourth-order valence-corrected chi connectivity index (χ4v) is 2.00. The summed E-state index contributed by atoms with van der Waals surface area (Å²) in [5, 5.41) is 8.81. The van der Waals surface area contributed by atoms with Crippen molar-refractivity contribution in [1.29, 1.82) is 5.26 Å². The molecule has 1 fully saturated rings. The molecule has 0 atom stereocenters. The summed E-state index contributed by atoms with van der Waals surface area (Å²) in [6.45, 7) is 6.69. The number of anilines is 1. The first-order valence-corrected chi connectivity index (χ1v) is 5.73. The van der Waals surface area contributed by atoms with Crippen molar-refractivity contribution in [3.63, 3.8) is 0 Å². The van der Waals surface area contributed by atoms with Crippen LogP contribution in [0.3, 0.4) is 0 Å². The minimum atomic E-state index is 0.448. The van der Waals surface area contributed by atoms with Gasteiger partial charge < -0.3 is 4.90 Å². The molecule has 1 aliphatic heterocycles. The summed E-state index contributed by atoms with van der Waals surface area (Å²) in [7, 11) is 0. The lowest BCUT2D eigenvalue weighted by atomic mass is 9.83. The first kappa shape index (κ1) is 10.9. The van der Waals surface area contributed by atoms with Crippen molar-refractivity contribution >= 4 is 5.82 Å². The van der Waals surface area contributed by atoms with Crippen LogP contribution in [-0.4, -0.2) is 18.1 Å². The van der Waals surface area contributed by atoms with E-state index in [0.29, 0.717) is 11.1 Å². The SMILES string of the molecule is CC1(C)CCN(c2cccc(C#N)n2)CC1. The molecule has 1 saturated heterocycles. The van der Waals surface area contributed by atoms with E-state index in [1.807, 2.05) is 12.1 Å². The number of nitrogens with zero attached hydrogens (tertiary/aromatic N) is 3. The van der Waals surface area contributed by atoms with Gasteiger partial charge in [-0.1, -0.05) is 19.9 Å². The van der Waals surface area contributed by atoms with Crippen LogP contribution in [0.4, 0.5) is 5.82 Å². The van der Waals surface area contributed by atoms with Crippen LogP contribution in [0.2, 0.25) is 0 Å². The largest absolute Gasteiger partial charge is 0.357 e. The number of hydrogen-bond donors (Lipinski definition) is 0. The quantitative estimate of drug-likeness (QED) is 0.723. The van der Waals surface area contributed by atoms with E-state index in [-0.39, 0.29) is 0 Å². The van der Waals surface area contributed by atoms with Crippen LogP contribution in [0.15, 0.2) is 18.2 Å². The summed E-state index contributed by atoms with van der Waals surface area (Å²) >= 11 is 0. The minimum absolute atomic E-state index is 0.448. The number of piperidine rings is 1. The van der Waals surface area contributed by atoms with E-state index in [4.69, 9.17) is 5.26 Å². The van der Waals surface area contributed by atoms with E-state index in [1.54, 1.807) is 6.07 Å². The Morgan fingerprint density at radius 2 is 2.00 bits per heavy atom. The molecule has 0 aromatic carbocycles. The van der Waals surface area contributed by atoms with Crippen LogP contribution >= 0.6 is 0 Å². The lowest BCUT2D eigenvalue weighted by Gasteiger charge is -2.37. The van der Waals surface area contributed by atoms with Crippen molar-refractivity contribution in [3.8, 4) is 6.07 Å². The maximum atomic E-state index is 8.81. The third-order valence-corrected chi connectivity index (χ3v) is 3.29. The van der Waals surface area contributed by atoms with Gasteiger partial charge in [0.2, 0.25) is 0 Å². The van der Waals surface area contributed by atoms with Crippen molar-refractivity contribution in [3.05, 3.63) is 23.9 Å². The maximum absolute atomic E-state index is 8.81. The van der Waals surface area contributed by atoms with Gasteiger partial charge in [0.25, 0.3) is 0 Å². The topological polar surface area (TPSA) is 39.9 Å². The molecular formula is C13H17N3. The van der Waals surface area contributed by atoms with E-state index in [9.17, 15) is 0 Å². The fourth-order valence-electron chi connectivity index (χ4n) is 2.00. The third-order valence-electron chi connectivity index (χ3n) is 3.29. The van der Waals surface area contributed by atoms with Gasteiger partial charge in [-0.15, -0.1) is 0 Å². The Bertz CT molecular complexity index is 407. The second-order valence-corrected chi connectivity index (χ2v) is 5.14. The smallest absolute Gasteiger partial charge is 0.142 e. The predicted octanol–water partition coefficient (Wildman–Crippen LogP) is 2.58. The Labute approximate surface area is 96.7 Å². The summed E-state index contributed by atoms with van der Waals surface area (Å²) in [6, 6.07) is 7.72. The van der Waals surface area contributed by atoms with Crippen molar-refractivity contribution in [2.75, 3.05) is 18.0 Å². The fraction of sp³-hybridized carbons (Fsp3) is 0.538. The van der Waals surface area contributed by atoms with Crippen molar-refractivity contribution in [2.24, 2.45) is 5.41 Å². The van der Waals surface area contributed by atoms with Gasteiger partial charge in [-0.25, -0.2) is 4.98 Å². The molecule has 2 rings (SSSR count). The Hall–Kier alpha value is -1.56. The van der Waals surface area contributed by atoms with Crippen LogP contribution in [0.5, 0.6) is 0 Å². The van der Waals surface area contributed by atoms with Crippen molar-refractivity contribution < 1.29 is 0 Å².